The van der Waals surface area contributed by atoms with Crippen molar-refractivity contribution < 1.29 is 55.9 Å². The predicted molar refractivity (Wildman–Crippen MR) is 89.6 cm³/mol. The fourth-order valence-electron chi connectivity index (χ4n) is 2.09. The summed E-state index contributed by atoms with van der Waals surface area (Å²) >= 11 is 0. The number of azide groups is 1. The van der Waals surface area contributed by atoms with Gasteiger partial charge in [0.25, 0.3) is 0 Å². The second kappa shape index (κ2) is 9.66. The van der Waals surface area contributed by atoms with Crippen LogP contribution >= 0.6 is 23.5 Å². The van der Waals surface area contributed by atoms with Gasteiger partial charge >= 0.3 is 29.2 Å². The van der Waals surface area contributed by atoms with Crippen LogP contribution in [0.25, 0.3) is 10.4 Å². The summed E-state index contributed by atoms with van der Waals surface area (Å²) in [7, 11) is -15.1. The number of hydrogen-bond acceptors (Lipinski definition) is 11. The third kappa shape index (κ3) is 8.52. The molecule has 5 atom stereocenters. The Kier molecular flexibility index (Phi) is 8.57. The minimum absolute atomic E-state index is 0.0382. The van der Waals surface area contributed by atoms with Crippen molar-refractivity contribution in [1.29, 1.82) is 10.5 Å². The molecule has 17 nitrogen and oxygen atoms in total. The van der Waals surface area contributed by atoms with Gasteiger partial charge in [0.05, 0.1) is 12.7 Å². The number of rotatable bonds is 10. The van der Waals surface area contributed by atoms with Crippen molar-refractivity contribution in [3.8, 4) is 12.1 Å². The molecule has 1 aliphatic heterocycles. The third-order valence-corrected chi connectivity index (χ3v) is 6.82. The van der Waals surface area contributed by atoms with E-state index < -0.39 is 54.0 Å². The summed E-state index contributed by atoms with van der Waals surface area (Å²) in [5.41, 5.74) is 5.92. The lowest BCUT2D eigenvalue weighted by atomic mass is 9.96. The highest BCUT2D eigenvalue weighted by Crippen LogP contribution is 2.66. The number of nitrogens with zero attached hydrogens (tertiary/aromatic N) is 5. The Balaban J connectivity index is 2.85. The van der Waals surface area contributed by atoms with Crippen LogP contribution in [0.2, 0.25) is 0 Å². The van der Waals surface area contributed by atoms with Crippen LogP contribution in [0.1, 0.15) is 6.42 Å². The normalized spacial score (nSPS) is 26.3. The van der Waals surface area contributed by atoms with Crippen LogP contribution in [-0.4, -0.2) is 58.0 Å². The molecule has 160 valence electrons. The highest BCUT2D eigenvalue weighted by molar-refractivity contribution is 7.66. The van der Waals surface area contributed by atoms with Crippen LogP contribution in [0.5, 0.6) is 0 Å². The molecule has 1 heterocycles. The van der Waals surface area contributed by atoms with E-state index in [4.69, 9.17) is 40.2 Å². The zero-order valence-electron chi connectivity index (χ0n) is 14.3. The second-order valence-corrected chi connectivity index (χ2v) is 9.74. The van der Waals surface area contributed by atoms with Crippen molar-refractivity contribution in [2.75, 3.05) is 6.61 Å². The fourth-order valence-corrected chi connectivity index (χ4v) is 5.12. The maximum absolute atomic E-state index is 11.7. The molecular formula is C8H13BN5O12P3. The molecule has 29 heavy (non-hydrogen) atoms. The van der Waals surface area contributed by atoms with Crippen LogP contribution < -0.4 is 0 Å². The number of nitriles is 2. The highest BCUT2D eigenvalue weighted by Gasteiger charge is 2.45. The van der Waals surface area contributed by atoms with Gasteiger partial charge in [0.2, 0.25) is 0 Å². The molecule has 3 unspecified atom stereocenters. The van der Waals surface area contributed by atoms with Gasteiger partial charge in [-0.15, -0.1) is 0 Å². The molecule has 4 N–H and O–H groups in total. The smallest absolute Gasteiger partial charge is 0.379 e. The molecule has 0 aromatic heterocycles. The Morgan fingerprint density at radius 3 is 2.28 bits per heavy atom. The summed E-state index contributed by atoms with van der Waals surface area (Å²) in [6.07, 6.45) is -2.34. The molecule has 0 aromatic carbocycles. The first-order valence-corrected chi connectivity index (χ1v) is 11.7. The SMILES string of the molecule is B[C@H]1C[C@@H](OC(C#N)(C#N)N=[N+]=[N-])C(COP(=O)(O)OP(=O)(O)OP(=O)(O)O)O1. The topological polar surface area (TPSA) is 275 Å². The molecule has 1 rings (SSSR count). The Morgan fingerprint density at radius 2 is 1.79 bits per heavy atom. The van der Waals surface area contributed by atoms with Crippen LogP contribution in [0, 0.1) is 22.7 Å². The standard InChI is InChI=1S/C8H13BN5O12P3/c9-7-1-5(24-8(3-10,4-11)13-14-12)6(23-7)2-22-28(18,19)26-29(20,21)25-27(15,16)17/h5-7H,1-2,9H2,(H,18,19)(H,20,21)(H2,15,16,17)/t5-,6?,7-/m1/s1. The van der Waals surface area contributed by atoms with Crippen LogP contribution in [0.4, 0.5) is 0 Å². The van der Waals surface area contributed by atoms with Crippen LogP contribution in [-0.2, 0) is 36.3 Å². The maximum atomic E-state index is 11.7. The minimum Gasteiger partial charge on any atom is -0.379 e. The first-order chi connectivity index (χ1) is 13.2. The zero-order valence-corrected chi connectivity index (χ0v) is 17.0. The van der Waals surface area contributed by atoms with E-state index in [2.05, 4.69) is 23.2 Å². The van der Waals surface area contributed by atoms with Gasteiger partial charge < -0.3 is 29.0 Å². The molecule has 0 radical (unpaired) electrons. The number of hydrogen-bond donors (Lipinski definition) is 4. The van der Waals surface area contributed by atoms with Gasteiger partial charge in [-0.2, -0.15) is 19.1 Å². The van der Waals surface area contributed by atoms with E-state index in [-0.39, 0.29) is 6.42 Å². The summed E-state index contributed by atoms with van der Waals surface area (Å²) in [5, 5.41) is 21.0. The first kappa shape index (κ1) is 25.7. The summed E-state index contributed by atoms with van der Waals surface area (Å²) in [6, 6.07) is 2.17. The Labute approximate surface area is 163 Å². The molecule has 1 fully saturated rings. The van der Waals surface area contributed by atoms with Crippen molar-refractivity contribution in [3.05, 3.63) is 10.4 Å². The van der Waals surface area contributed by atoms with E-state index in [0.717, 1.165) is 0 Å². The number of ether oxygens (including phenoxy) is 2. The lowest BCUT2D eigenvalue weighted by Gasteiger charge is -2.24. The maximum Gasteiger partial charge on any atom is 0.490 e. The summed E-state index contributed by atoms with van der Waals surface area (Å²) in [5.74, 6) is 0. The zero-order chi connectivity index (χ0) is 22.5. The average Bonchev–Trinajstić information content (AvgIpc) is 2.88. The number of phosphoric acid groups is 3. The van der Waals surface area contributed by atoms with Crippen molar-refractivity contribution in [2.24, 2.45) is 5.11 Å². The third-order valence-electron chi connectivity index (χ3n) is 3.01. The molecule has 0 amide bonds. The molecule has 21 heteroatoms. The highest BCUT2D eigenvalue weighted by atomic mass is 31.3. The van der Waals surface area contributed by atoms with Gasteiger partial charge in [0, 0.05) is 10.9 Å². The monoisotopic (exact) mass is 475 g/mol. The molecule has 0 aromatic rings. The van der Waals surface area contributed by atoms with E-state index in [0.29, 0.717) is 0 Å². The average molecular weight is 475 g/mol. The predicted octanol–water partition coefficient (Wildman–Crippen LogP) is -0.483. The number of phosphoric ester groups is 1. The van der Waals surface area contributed by atoms with Gasteiger partial charge in [0.15, 0.2) is 0 Å². The van der Waals surface area contributed by atoms with Gasteiger partial charge in [-0.1, -0.05) is 0 Å². The van der Waals surface area contributed by atoms with E-state index in [9.17, 15) is 18.6 Å². The lowest BCUT2D eigenvalue weighted by Crippen LogP contribution is -2.37. The summed E-state index contributed by atoms with van der Waals surface area (Å²) in [6.45, 7) is -0.859. The summed E-state index contributed by atoms with van der Waals surface area (Å²) < 4.78 is 55.6. The Morgan fingerprint density at radius 1 is 1.21 bits per heavy atom. The molecular weight excluding hydrogens is 462 g/mol. The van der Waals surface area contributed by atoms with Crippen molar-refractivity contribution in [1.82, 2.24) is 0 Å². The fraction of sp³-hybridized carbons (Fsp3) is 0.750. The molecule has 0 spiro atoms. The van der Waals surface area contributed by atoms with Crippen LogP contribution in [0.3, 0.4) is 0 Å². The molecule has 1 saturated heterocycles. The minimum atomic E-state index is -5.69. The quantitative estimate of drug-likeness (QED) is 0.102. The lowest BCUT2D eigenvalue weighted by molar-refractivity contribution is -0.0733. The van der Waals surface area contributed by atoms with E-state index in [1.807, 2.05) is 0 Å². The van der Waals surface area contributed by atoms with Crippen molar-refractivity contribution in [2.45, 2.75) is 30.4 Å². The largest absolute Gasteiger partial charge is 0.490 e. The van der Waals surface area contributed by atoms with E-state index >= 15 is 0 Å². The Hall–Kier alpha value is -1.32. The molecule has 0 aliphatic carbocycles. The Bertz CT molecular complexity index is 877. The molecule has 0 saturated carbocycles. The second-order valence-electron chi connectivity index (χ2n) is 5.32. The van der Waals surface area contributed by atoms with E-state index in [1.54, 1.807) is 0 Å². The summed E-state index contributed by atoms with van der Waals surface area (Å²) in [4.78, 5) is 37.8. The van der Waals surface area contributed by atoms with Gasteiger partial charge in [0.1, 0.15) is 26.1 Å². The van der Waals surface area contributed by atoms with Crippen molar-refractivity contribution in [3.63, 3.8) is 0 Å². The van der Waals surface area contributed by atoms with Crippen LogP contribution in [0.15, 0.2) is 5.11 Å². The molecule has 1 aliphatic rings. The first-order valence-electron chi connectivity index (χ1n) is 7.17. The van der Waals surface area contributed by atoms with Gasteiger partial charge in [-0.25, -0.2) is 13.7 Å². The molecule has 0 bridgehead atoms. The van der Waals surface area contributed by atoms with E-state index in [1.165, 1.54) is 20.0 Å². The van der Waals surface area contributed by atoms with Gasteiger partial charge in [-0.3, -0.25) is 4.52 Å². The van der Waals surface area contributed by atoms with Gasteiger partial charge in [-0.05, 0) is 17.1 Å². The van der Waals surface area contributed by atoms with Crippen molar-refractivity contribution >= 4 is 31.3 Å².